The fourth-order valence-corrected chi connectivity index (χ4v) is 3.96. The Balaban J connectivity index is 1.22. The molecule has 2 aromatic rings. The molecule has 1 saturated heterocycles. The highest BCUT2D eigenvalue weighted by atomic mass is 16.5. The van der Waals surface area contributed by atoms with Gasteiger partial charge in [0.15, 0.2) is 0 Å². The van der Waals surface area contributed by atoms with E-state index in [2.05, 4.69) is 27.9 Å². The van der Waals surface area contributed by atoms with Gasteiger partial charge in [0.1, 0.15) is 12.4 Å². The van der Waals surface area contributed by atoms with Gasteiger partial charge >= 0.3 is 6.03 Å². The maximum atomic E-state index is 12.6. The zero-order valence-corrected chi connectivity index (χ0v) is 19.7. The molecular formula is C26H34N4O4. The number of hydrogen-bond acceptors (Lipinski definition) is 5. The van der Waals surface area contributed by atoms with E-state index in [1.807, 2.05) is 24.3 Å². The van der Waals surface area contributed by atoms with Crippen LogP contribution in [0.5, 0.6) is 5.75 Å². The number of carbonyl (C=O) groups excluding carboxylic acids is 2. The quantitative estimate of drug-likeness (QED) is 0.499. The molecule has 1 heterocycles. The smallest absolute Gasteiger partial charge is 0.319 e. The average molecular weight is 467 g/mol. The van der Waals surface area contributed by atoms with Crippen LogP contribution < -0.4 is 20.7 Å². The van der Waals surface area contributed by atoms with Crippen molar-refractivity contribution in [3.05, 3.63) is 59.7 Å². The van der Waals surface area contributed by atoms with Crippen molar-refractivity contribution in [2.24, 2.45) is 0 Å². The first-order valence-corrected chi connectivity index (χ1v) is 12.0. The molecule has 0 atom stereocenters. The van der Waals surface area contributed by atoms with E-state index in [1.165, 1.54) is 0 Å². The molecule has 2 aromatic carbocycles. The zero-order valence-electron chi connectivity index (χ0n) is 19.7. The van der Waals surface area contributed by atoms with Crippen molar-refractivity contribution < 1.29 is 19.1 Å². The molecule has 1 saturated carbocycles. The minimum absolute atomic E-state index is 0.198. The molecular weight excluding hydrogens is 432 g/mol. The first kappa shape index (κ1) is 24.0. The van der Waals surface area contributed by atoms with Crippen LogP contribution in [0.3, 0.4) is 0 Å². The zero-order chi connectivity index (χ0) is 23.8. The molecule has 1 aliphatic carbocycles. The predicted octanol–water partition coefficient (Wildman–Crippen LogP) is 3.39. The van der Waals surface area contributed by atoms with Crippen LogP contribution in [0.1, 0.15) is 41.6 Å². The number of amides is 3. The van der Waals surface area contributed by atoms with Crippen molar-refractivity contribution in [2.75, 3.05) is 38.7 Å². The number of carbonyl (C=O) groups is 2. The number of benzene rings is 2. The number of hydrogen-bond donors (Lipinski definition) is 3. The molecule has 0 radical (unpaired) electrons. The molecule has 4 rings (SSSR count). The summed E-state index contributed by atoms with van der Waals surface area (Å²) in [6.45, 7) is 3.52. The number of urea groups is 1. The van der Waals surface area contributed by atoms with Gasteiger partial charge in [0.25, 0.3) is 5.91 Å². The van der Waals surface area contributed by atoms with Gasteiger partial charge in [0.2, 0.25) is 0 Å². The summed E-state index contributed by atoms with van der Waals surface area (Å²) in [6.07, 6.45) is 4.18. The van der Waals surface area contributed by atoms with Crippen molar-refractivity contribution in [3.63, 3.8) is 0 Å². The number of nitrogens with one attached hydrogen (secondary N) is 3. The molecule has 8 heteroatoms. The molecule has 182 valence electrons. The van der Waals surface area contributed by atoms with Gasteiger partial charge in [-0.25, -0.2) is 4.79 Å². The maximum Gasteiger partial charge on any atom is 0.319 e. The van der Waals surface area contributed by atoms with Crippen LogP contribution in [0.4, 0.5) is 10.5 Å². The Kier molecular flexibility index (Phi) is 8.38. The van der Waals surface area contributed by atoms with E-state index in [4.69, 9.17) is 9.47 Å². The van der Waals surface area contributed by atoms with E-state index in [9.17, 15) is 9.59 Å². The second-order valence-electron chi connectivity index (χ2n) is 8.96. The molecule has 34 heavy (non-hydrogen) atoms. The topological polar surface area (TPSA) is 91.9 Å². The predicted molar refractivity (Wildman–Crippen MR) is 131 cm³/mol. The van der Waals surface area contributed by atoms with Gasteiger partial charge in [-0.1, -0.05) is 18.2 Å². The summed E-state index contributed by atoms with van der Waals surface area (Å²) in [6, 6.07) is 15.3. The van der Waals surface area contributed by atoms with E-state index in [0.717, 1.165) is 56.8 Å². The number of rotatable bonds is 10. The van der Waals surface area contributed by atoms with Gasteiger partial charge < -0.3 is 25.4 Å². The van der Waals surface area contributed by atoms with Crippen LogP contribution in [0, 0.1) is 0 Å². The third-order valence-electron chi connectivity index (χ3n) is 6.17. The Morgan fingerprint density at radius 3 is 2.65 bits per heavy atom. The average Bonchev–Trinajstić information content (AvgIpc) is 3.67. The number of ether oxygens (including phenoxy) is 2. The highest BCUT2D eigenvalue weighted by Gasteiger charge is 2.23. The first-order valence-electron chi connectivity index (χ1n) is 12.0. The highest BCUT2D eigenvalue weighted by molar-refractivity contribution is 5.96. The van der Waals surface area contributed by atoms with Crippen molar-refractivity contribution in [1.29, 1.82) is 0 Å². The maximum absolute atomic E-state index is 12.6. The minimum atomic E-state index is -0.240. The van der Waals surface area contributed by atoms with E-state index in [1.54, 1.807) is 24.3 Å². The lowest BCUT2D eigenvalue weighted by molar-refractivity contribution is 0.0392. The van der Waals surface area contributed by atoms with Crippen LogP contribution in [-0.4, -0.2) is 62.3 Å². The van der Waals surface area contributed by atoms with Crippen molar-refractivity contribution >= 4 is 17.6 Å². The van der Waals surface area contributed by atoms with Crippen LogP contribution in [0.25, 0.3) is 0 Å². The number of anilines is 1. The Morgan fingerprint density at radius 2 is 1.85 bits per heavy atom. The number of nitrogens with zero attached hydrogens (tertiary/aromatic N) is 1. The third kappa shape index (κ3) is 7.46. The molecule has 0 unspecified atom stereocenters. The molecule has 3 amide bonds. The van der Waals surface area contributed by atoms with Crippen molar-refractivity contribution in [3.8, 4) is 5.75 Å². The molecule has 3 N–H and O–H groups in total. The molecule has 8 nitrogen and oxygen atoms in total. The minimum Gasteiger partial charge on any atom is -0.492 e. The molecule has 0 aromatic heterocycles. The molecule has 0 bridgehead atoms. The van der Waals surface area contributed by atoms with E-state index >= 15 is 0 Å². The lowest BCUT2D eigenvalue weighted by Crippen LogP contribution is -2.38. The fourth-order valence-electron chi connectivity index (χ4n) is 3.96. The van der Waals surface area contributed by atoms with Gasteiger partial charge in [-0.3, -0.25) is 9.69 Å². The summed E-state index contributed by atoms with van der Waals surface area (Å²) in [5.74, 6) is 0.593. The molecule has 1 aliphatic heterocycles. The number of likely N-dealkylation sites (N-methyl/N-ethyl adjacent to an activating group) is 1. The normalized spacial score (nSPS) is 16.2. The largest absolute Gasteiger partial charge is 0.492 e. The van der Waals surface area contributed by atoms with E-state index < -0.39 is 0 Å². The van der Waals surface area contributed by atoms with E-state index in [-0.39, 0.29) is 18.0 Å². The Labute approximate surface area is 201 Å². The summed E-state index contributed by atoms with van der Waals surface area (Å²) in [7, 11) is 2.13. The lowest BCUT2D eigenvalue weighted by Gasteiger charge is -2.31. The molecule has 2 aliphatic rings. The molecule has 2 fully saturated rings. The first-order chi connectivity index (χ1) is 16.6. The van der Waals surface area contributed by atoms with Crippen LogP contribution in [0.2, 0.25) is 0 Å². The Morgan fingerprint density at radius 1 is 1.06 bits per heavy atom. The van der Waals surface area contributed by atoms with Gasteiger partial charge in [-0.15, -0.1) is 0 Å². The summed E-state index contributed by atoms with van der Waals surface area (Å²) in [5, 5.41) is 8.59. The highest BCUT2D eigenvalue weighted by Crippen LogP contribution is 2.19. The van der Waals surface area contributed by atoms with Crippen molar-refractivity contribution in [2.45, 2.75) is 44.3 Å². The van der Waals surface area contributed by atoms with Gasteiger partial charge in [0, 0.05) is 49.6 Å². The third-order valence-corrected chi connectivity index (χ3v) is 6.17. The van der Waals surface area contributed by atoms with Crippen LogP contribution in [-0.2, 0) is 11.3 Å². The lowest BCUT2D eigenvalue weighted by atomic mass is 10.1. The SMILES string of the molecule is CN(CCOc1cccc(CNC(=O)c2cccc(NC(=O)NC3CC3)c2)c1)C1CCOCC1. The fraction of sp³-hybridized carbons (Fsp3) is 0.462. The van der Waals surface area contributed by atoms with Gasteiger partial charge in [-0.05, 0) is 68.6 Å². The summed E-state index contributed by atoms with van der Waals surface area (Å²) in [5.41, 5.74) is 2.04. The van der Waals surface area contributed by atoms with Crippen LogP contribution in [0.15, 0.2) is 48.5 Å². The Bertz CT molecular complexity index is 973. The standard InChI is InChI=1S/C26H34N4O4/c1-30(23-10-13-33-14-11-23)12-15-34-24-7-2-4-19(16-24)18-27-25(31)20-5-3-6-22(17-20)29-26(32)28-21-8-9-21/h2-7,16-17,21,23H,8-15,18H2,1H3,(H,27,31)(H2,28,29,32). The summed E-state index contributed by atoms with van der Waals surface area (Å²) >= 11 is 0. The molecule has 0 spiro atoms. The monoisotopic (exact) mass is 466 g/mol. The van der Waals surface area contributed by atoms with Gasteiger partial charge in [-0.2, -0.15) is 0 Å². The van der Waals surface area contributed by atoms with Crippen LogP contribution >= 0.6 is 0 Å². The second-order valence-corrected chi connectivity index (χ2v) is 8.96. The second kappa shape index (κ2) is 11.9. The summed E-state index contributed by atoms with van der Waals surface area (Å²) in [4.78, 5) is 26.9. The van der Waals surface area contributed by atoms with Gasteiger partial charge in [0.05, 0.1) is 0 Å². The van der Waals surface area contributed by atoms with E-state index in [0.29, 0.717) is 30.4 Å². The summed E-state index contributed by atoms with van der Waals surface area (Å²) < 4.78 is 11.4. The Hall–Kier alpha value is -3.10. The van der Waals surface area contributed by atoms with Crippen molar-refractivity contribution in [1.82, 2.24) is 15.5 Å².